The minimum absolute atomic E-state index is 0.507. The molecule has 0 saturated carbocycles. The SMILES string of the molecule is Cc1ccnc(C2CCN(Cc3ncc[nH]3)CC2)n1. The Labute approximate surface area is 113 Å². The van der Waals surface area contributed by atoms with Crippen LogP contribution in [0.1, 0.15) is 36.1 Å². The molecule has 1 aliphatic rings. The first-order valence-corrected chi connectivity index (χ1v) is 6.81. The van der Waals surface area contributed by atoms with Gasteiger partial charge in [-0.2, -0.15) is 0 Å². The van der Waals surface area contributed by atoms with Crippen molar-refractivity contribution in [3.05, 3.63) is 42.0 Å². The van der Waals surface area contributed by atoms with Crippen LogP contribution in [0.25, 0.3) is 0 Å². The topological polar surface area (TPSA) is 57.7 Å². The maximum Gasteiger partial charge on any atom is 0.131 e. The van der Waals surface area contributed by atoms with Crippen LogP contribution in [0.5, 0.6) is 0 Å². The molecule has 3 rings (SSSR count). The molecule has 5 nitrogen and oxygen atoms in total. The number of nitrogens with one attached hydrogen (secondary N) is 1. The Kier molecular flexibility index (Phi) is 3.55. The number of nitrogens with zero attached hydrogens (tertiary/aromatic N) is 4. The Morgan fingerprint density at radius 2 is 2.11 bits per heavy atom. The van der Waals surface area contributed by atoms with Crippen LogP contribution >= 0.6 is 0 Å². The average molecular weight is 257 g/mol. The highest BCUT2D eigenvalue weighted by Gasteiger charge is 2.22. The van der Waals surface area contributed by atoms with Gasteiger partial charge in [0.25, 0.3) is 0 Å². The number of aromatic amines is 1. The van der Waals surface area contributed by atoms with Crippen LogP contribution in [0.4, 0.5) is 0 Å². The molecular weight excluding hydrogens is 238 g/mol. The van der Waals surface area contributed by atoms with Gasteiger partial charge in [0.15, 0.2) is 0 Å². The van der Waals surface area contributed by atoms with Gasteiger partial charge in [0.2, 0.25) is 0 Å². The van der Waals surface area contributed by atoms with Crippen LogP contribution in [-0.2, 0) is 6.54 Å². The number of rotatable bonds is 3. The van der Waals surface area contributed by atoms with E-state index in [1.807, 2.05) is 31.6 Å². The molecule has 0 aromatic carbocycles. The van der Waals surface area contributed by atoms with Crippen molar-refractivity contribution in [2.24, 2.45) is 0 Å². The molecule has 1 fully saturated rings. The van der Waals surface area contributed by atoms with Gasteiger partial charge in [-0.3, -0.25) is 4.90 Å². The fourth-order valence-electron chi connectivity index (χ4n) is 2.61. The summed E-state index contributed by atoms with van der Waals surface area (Å²) in [5.74, 6) is 2.57. The summed E-state index contributed by atoms with van der Waals surface area (Å²) in [6, 6.07) is 1.95. The molecule has 19 heavy (non-hydrogen) atoms. The lowest BCUT2D eigenvalue weighted by Gasteiger charge is -2.30. The normalized spacial score (nSPS) is 17.7. The van der Waals surface area contributed by atoms with E-state index in [1.54, 1.807) is 0 Å². The van der Waals surface area contributed by atoms with Crippen LogP contribution < -0.4 is 0 Å². The van der Waals surface area contributed by atoms with Crippen molar-refractivity contribution in [2.45, 2.75) is 32.2 Å². The third-order valence-corrected chi connectivity index (χ3v) is 3.69. The second-order valence-corrected chi connectivity index (χ2v) is 5.14. The third-order valence-electron chi connectivity index (χ3n) is 3.69. The number of hydrogen-bond donors (Lipinski definition) is 1. The van der Waals surface area contributed by atoms with E-state index in [2.05, 4.69) is 24.8 Å². The number of H-pyrrole nitrogens is 1. The van der Waals surface area contributed by atoms with Crippen molar-refractivity contribution >= 4 is 0 Å². The molecule has 0 aliphatic carbocycles. The van der Waals surface area contributed by atoms with Gasteiger partial charge in [-0.25, -0.2) is 15.0 Å². The Morgan fingerprint density at radius 1 is 1.26 bits per heavy atom. The molecule has 2 aromatic heterocycles. The highest BCUT2D eigenvalue weighted by molar-refractivity contribution is 5.05. The van der Waals surface area contributed by atoms with Gasteiger partial charge in [0.1, 0.15) is 11.6 Å². The van der Waals surface area contributed by atoms with Crippen LogP contribution in [-0.4, -0.2) is 37.9 Å². The first-order valence-electron chi connectivity index (χ1n) is 6.81. The molecule has 1 aliphatic heterocycles. The highest BCUT2D eigenvalue weighted by Crippen LogP contribution is 2.25. The van der Waals surface area contributed by atoms with Crippen LogP contribution in [0.15, 0.2) is 24.7 Å². The lowest BCUT2D eigenvalue weighted by Crippen LogP contribution is -2.33. The number of imidazole rings is 1. The standard InChI is InChI=1S/C14H19N5/c1-11-2-5-17-14(18-11)12-3-8-19(9-4-12)10-13-15-6-7-16-13/h2,5-7,12H,3-4,8-10H2,1H3,(H,15,16). The molecule has 5 heteroatoms. The number of piperidine rings is 1. The van der Waals surface area contributed by atoms with E-state index in [4.69, 9.17) is 0 Å². The monoisotopic (exact) mass is 257 g/mol. The fraction of sp³-hybridized carbons (Fsp3) is 0.500. The Morgan fingerprint density at radius 3 is 2.79 bits per heavy atom. The minimum Gasteiger partial charge on any atom is -0.348 e. The zero-order chi connectivity index (χ0) is 13.1. The molecular formula is C14H19N5. The van der Waals surface area contributed by atoms with Crippen molar-refractivity contribution < 1.29 is 0 Å². The van der Waals surface area contributed by atoms with Gasteiger partial charge in [-0.15, -0.1) is 0 Å². The predicted molar refractivity (Wildman–Crippen MR) is 72.6 cm³/mol. The van der Waals surface area contributed by atoms with Gasteiger partial charge in [0, 0.05) is 30.2 Å². The number of aryl methyl sites for hydroxylation is 1. The molecule has 0 radical (unpaired) electrons. The van der Waals surface area contributed by atoms with Gasteiger partial charge in [0.05, 0.1) is 6.54 Å². The Balaban J connectivity index is 1.57. The smallest absolute Gasteiger partial charge is 0.131 e. The van der Waals surface area contributed by atoms with E-state index in [0.29, 0.717) is 5.92 Å². The maximum absolute atomic E-state index is 4.55. The van der Waals surface area contributed by atoms with Crippen LogP contribution in [0.2, 0.25) is 0 Å². The second-order valence-electron chi connectivity index (χ2n) is 5.14. The minimum atomic E-state index is 0.507. The van der Waals surface area contributed by atoms with E-state index in [1.165, 1.54) is 0 Å². The van der Waals surface area contributed by atoms with E-state index >= 15 is 0 Å². The fourth-order valence-corrected chi connectivity index (χ4v) is 2.61. The number of aromatic nitrogens is 4. The molecule has 2 aromatic rings. The molecule has 1 saturated heterocycles. The third kappa shape index (κ3) is 2.98. The number of likely N-dealkylation sites (tertiary alicyclic amines) is 1. The molecule has 0 amide bonds. The van der Waals surface area contributed by atoms with Gasteiger partial charge >= 0.3 is 0 Å². The molecule has 0 unspecified atom stereocenters. The van der Waals surface area contributed by atoms with Crippen molar-refractivity contribution in [2.75, 3.05) is 13.1 Å². The molecule has 1 N–H and O–H groups in total. The quantitative estimate of drug-likeness (QED) is 0.912. The summed E-state index contributed by atoms with van der Waals surface area (Å²) in [6.45, 7) is 5.11. The van der Waals surface area contributed by atoms with Gasteiger partial charge < -0.3 is 4.98 Å². The second kappa shape index (κ2) is 5.48. The zero-order valence-corrected chi connectivity index (χ0v) is 11.2. The highest BCUT2D eigenvalue weighted by atomic mass is 15.2. The largest absolute Gasteiger partial charge is 0.348 e. The number of hydrogen-bond acceptors (Lipinski definition) is 4. The Hall–Kier alpha value is -1.75. The molecule has 0 atom stereocenters. The van der Waals surface area contributed by atoms with E-state index in [-0.39, 0.29) is 0 Å². The van der Waals surface area contributed by atoms with E-state index < -0.39 is 0 Å². The van der Waals surface area contributed by atoms with Crippen LogP contribution in [0.3, 0.4) is 0 Å². The molecule has 3 heterocycles. The molecule has 0 spiro atoms. The summed E-state index contributed by atoms with van der Waals surface area (Å²) in [5, 5.41) is 0. The maximum atomic E-state index is 4.55. The van der Waals surface area contributed by atoms with Crippen molar-refractivity contribution in [1.29, 1.82) is 0 Å². The van der Waals surface area contributed by atoms with Gasteiger partial charge in [-0.05, 0) is 38.9 Å². The lowest BCUT2D eigenvalue weighted by molar-refractivity contribution is 0.198. The Bertz CT molecular complexity index is 514. The molecule has 100 valence electrons. The molecule has 0 bridgehead atoms. The van der Waals surface area contributed by atoms with Crippen molar-refractivity contribution in [3.8, 4) is 0 Å². The average Bonchev–Trinajstić information content (AvgIpc) is 2.92. The van der Waals surface area contributed by atoms with E-state index in [0.717, 1.165) is 49.8 Å². The van der Waals surface area contributed by atoms with Crippen molar-refractivity contribution in [1.82, 2.24) is 24.8 Å². The van der Waals surface area contributed by atoms with E-state index in [9.17, 15) is 0 Å². The first kappa shape index (κ1) is 12.3. The lowest BCUT2D eigenvalue weighted by atomic mass is 9.96. The zero-order valence-electron chi connectivity index (χ0n) is 11.2. The predicted octanol–water partition coefficient (Wildman–Crippen LogP) is 1.89. The summed E-state index contributed by atoms with van der Waals surface area (Å²) in [4.78, 5) is 18.8. The summed E-state index contributed by atoms with van der Waals surface area (Å²) < 4.78 is 0. The van der Waals surface area contributed by atoms with Gasteiger partial charge in [-0.1, -0.05) is 0 Å². The van der Waals surface area contributed by atoms with Crippen LogP contribution in [0, 0.1) is 6.92 Å². The van der Waals surface area contributed by atoms with Crippen molar-refractivity contribution in [3.63, 3.8) is 0 Å². The summed E-state index contributed by atoms with van der Waals surface area (Å²) in [5.41, 5.74) is 1.06. The first-order chi connectivity index (χ1) is 9.31. The summed E-state index contributed by atoms with van der Waals surface area (Å²) in [6.07, 6.45) is 7.81. The summed E-state index contributed by atoms with van der Waals surface area (Å²) >= 11 is 0. The summed E-state index contributed by atoms with van der Waals surface area (Å²) in [7, 11) is 0.